The molecule has 0 radical (unpaired) electrons. The highest BCUT2D eigenvalue weighted by atomic mass is 32.1. The summed E-state index contributed by atoms with van der Waals surface area (Å²) >= 11 is 5.83. The fourth-order valence-electron chi connectivity index (χ4n) is 4.93. The van der Waals surface area contributed by atoms with E-state index in [4.69, 9.17) is 12.2 Å². The van der Waals surface area contributed by atoms with Crippen molar-refractivity contribution in [1.29, 1.82) is 0 Å². The van der Waals surface area contributed by atoms with Gasteiger partial charge in [-0.15, -0.1) is 0 Å². The lowest BCUT2D eigenvalue weighted by atomic mass is 9.94. The van der Waals surface area contributed by atoms with Crippen molar-refractivity contribution in [3.63, 3.8) is 0 Å². The molecule has 3 aromatic rings. The molecule has 3 aromatic heterocycles. The summed E-state index contributed by atoms with van der Waals surface area (Å²) in [5.74, 6) is 0. The lowest BCUT2D eigenvalue weighted by Crippen LogP contribution is -2.30. The SMILES string of the molecule is S=C1N[C@@H](c2ccccn2)[C@H](c2cccn2C2CCCCC2)N1Cc1ccncc1. The summed E-state index contributed by atoms with van der Waals surface area (Å²) in [6, 6.07) is 15.4. The van der Waals surface area contributed by atoms with Gasteiger partial charge in [-0.1, -0.05) is 25.3 Å². The summed E-state index contributed by atoms with van der Waals surface area (Å²) in [6.45, 7) is 0.748. The average molecular weight is 418 g/mol. The highest BCUT2D eigenvalue weighted by Gasteiger charge is 2.41. The molecular formula is C24H27N5S. The topological polar surface area (TPSA) is 46.0 Å². The number of hydrogen-bond acceptors (Lipinski definition) is 3. The van der Waals surface area contributed by atoms with Crippen molar-refractivity contribution >= 4 is 17.3 Å². The van der Waals surface area contributed by atoms with Crippen molar-refractivity contribution in [2.75, 3.05) is 0 Å². The zero-order chi connectivity index (χ0) is 20.3. The molecule has 0 unspecified atom stereocenters. The Morgan fingerprint density at radius 3 is 2.57 bits per heavy atom. The van der Waals surface area contributed by atoms with Gasteiger partial charge in [-0.2, -0.15) is 0 Å². The summed E-state index contributed by atoms with van der Waals surface area (Å²) in [6.07, 6.45) is 14.3. The Kier molecular flexibility index (Phi) is 5.49. The van der Waals surface area contributed by atoms with E-state index in [9.17, 15) is 0 Å². The molecule has 1 saturated heterocycles. The molecule has 4 heterocycles. The number of pyridine rings is 2. The number of nitrogens with zero attached hydrogens (tertiary/aromatic N) is 4. The van der Waals surface area contributed by atoms with Crippen molar-refractivity contribution in [1.82, 2.24) is 24.8 Å². The average Bonchev–Trinajstić information content (AvgIpc) is 3.40. The van der Waals surface area contributed by atoms with E-state index in [2.05, 4.69) is 67.3 Å². The molecule has 0 aromatic carbocycles. The fourth-order valence-corrected chi connectivity index (χ4v) is 5.24. The van der Waals surface area contributed by atoms with Crippen LogP contribution >= 0.6 is 12.2 Å². The Balaban J connectivity index is 1.54. The standard InChI is InChI=1S/C24H27N5S/c30-24-27-22(20-9-4-5-13-26-20)23(29(24)17-18-11-14-25-15-12-18)21-10-6-16-28(21)19-7-2-1-3-8-19/h4-6,9-16,19,22-23H,1-3,7-8,17H2,(H,27,30)/t22-,23-/m0/s1. The van der Waals surface area contributed by atoms with Crippen LogP contribution in [0.15, 0.2) is 67.3 Å². The molecule has 2 aliphatic rings. The van der Waals surface area contributed by atoms with Gasteiger partial charge in [0.05, 0.1) is 17.8 Å². The molecule has 6 heteroatoms. The second-order valence-corrected chi connectivity index (χ2v) is 8.63. The number of rotatable bonds is 5. The summed E-state index contributed by atoms with van der Waals surface area (Å²) in [7, 11) is 0. The van der Waals surface area contributed by atoms with E-state index in [-0.39, 0.29) is 12.1 Å². The molecule has 154 valence electrons. The van der Waals surface area contributed by atoms with Gasteiger partial charge in [-0.25, -0.2) is 0 Å². The van der Waals surface area contributed by atoms with Gasteiger partial charge in [-0.3, -0.25) is 9.97 Å². The summed E-state index contributed by atoms with van der Waals surface area (Å²) in [5, 5.41) is 4.36. The molecule has 2 fully saturated rings. The lowest BCUT2D eigenvalue weighted by molar-refractivity contribution is 0.275. The number of hydrogen-bond donors (Lipinski definition) is 1. The number of aromatic nitrogens is 3. The Morgan fingerprint density at radius 1 is 0.967 bits per heavy atom. The molecule has 1 saturated carbocycles. The van der Waals surface area contributed by atoms with Crippen LogP contribution in [-0.4, -0.2) is 24.5 Å². The van der Waals surface area contributed by atoms with Gasteiger partial charge in [0, 0.05) is 43.1 Å². The van der Waals surface area contributed by atoms with Crippen LogP contribution in [0.1, 0.15) is 67.2 Å². The van der Waals surface area contributed by atoms with Crippen LogP contribution in [0, 0.1) is 0 Å². The van der Waals surface area contributed by atoms with Crippen molar-refractivity contribution in [3.05, 3.63) is 84.2 Å². The Morgan fingerprint density at radius 2 is 1.80 bits per heavy atom. The predicted molar refractivity (Wildman–Crippen MR) is 122 cm³/mol. The first-order valence-corrected chi connectivity index (χ1v) is 11.3. The van der Waals surface area contributed by atoms with Crippen molar-refractivity contribution in [2.24, 2.45) is 0 Å². The minimum atomic E-state index is 0.0257. The highest BCUT2D eigenvalue weighted by Crippen LogP contribution is 2.41. The maximum atomic E-state index is 5.83. The summed E-state index contributed by atoms with van der Waals surface area (Å²) in [5.41, 5.74) is 3.55. The molecule has 1 aliphatic heterocycles. The van der Waals surface area contributed by atoms with E-state index >= 15 is 0 Å². The predicted octanol–water partition coefficient (Wildman–Crippen LogP) is 4.96. The van der Waals surface area contributed by atoms with Gasteiger partial charge >= 0.3 is 0 Å². The molecule has 0 spiro atoms. The first-order valence-electron chi connectivity index (χ1n) is 10.8. The van der Waals surface area contributed by atoms with Gasteiger partial charge in [0.2, 0.25) is 0 Å². The van der Waals surface area contributed by atoms with E-state index in [0.717, 1.165) is 17.4 Å². The maximum Gasteiger partial charge on any atom is 0.170 e. The molecule has 30 heavy (non-hydrogen) atoms. The van der Waals surface area contributed by atoms with Gasteiger partial charge < -0.3 is 14.8 Å². The van der Waals surface area contributed by atoms with E-state index in [1.165, 1.54) is 43.4 Å². The van der Waals surface area contributed by atoms with Crippen LogP contribution in [0.2, 0.25) is 0 Å². The zero-order valence-electron chi connectivity index (χ0n) is 17.0. The van der Waals surface area contributed by atoms with Gasteiger partial charge in [-0.05, 0) is 67.0 Å². The Labute approximate surface area is 183 Å². The molecule has 1 aliphatic carbocycles. The second kappa shape index (κ2) is 8.56. The first-order chi connectivity index (χ1) is 14.8. The molecular weight excluding hydrogens is 390 g/mol. The minimum absolute atomic E-state index is 0.0257. The van der Waals surface area contributed by atoms with Crippen LogP contribution in [0.25, 0.3) is 0 Å². The third kappa shape index (κ3) is 3.72. The zero-order valence-corrected chi connectivity index (χ0v) is 17.8. The molecule has 5 rings (SSSR count). The van der Waals surface area contributed by atoms with E-state index < -0.39 is 0 Å². The lowest BCUT2D eigenvalue weighted by Gasteiger charge is -2.32. The fraction of sp³-hybridized carbons (Fsp3) is 0.375. The molecule has 1 N–H and O–H groups in total. The van der Waals surface area contributed by atoms with Crippen LogP contribution in [0.5, 0.6) is 0 Å². The largest absolute Gasteiger partial charge is 0.352 e. The molecule has 2 atom stereocenters. The first kappa shape index (κ1) is 19.2. The molecule has 0 amide bonds. The van der Waals surface area contributed by atoms with Crippen LogP contribution in [0.3, 0.4) is 0 Å². The summed E-state index contributed by atoms with van der Waals surface area (Å²) in [4.78, 5) is 11.2. The Hall–Kier alpha value is -2.73. The quantitative estimate of drug-likeness (QED) is 0.595. The molecule has 0 bridgehead atoms. The van der Waals surface area contributed by atoms with Gasteiger partial charge in [0.25, 0.3) is 0 Å². The smallest absolute Gasteiger partial charge is 0.170 e. The number of nitrogens with one attached hydrogen (secondary N) is 1. The third-order valence-electron chi connectivity index (χ3n) is 6.38. The highest BCUT2D eigenvalue weighted by molar-refractivity contribution is 7.80. The van der Waals surface area contributed by atoms with Crippen LogP contribution < -0.4 is 5.32 Å². The van der Waals surface area contributed by atoms with Crippen LogP contribution in [0.4, 0.5) is 0 Å². The van der Waals surface area contributed by atoms with Gasteiger partial charge in [0.15, 0.2) is 5.11 Å². The van der Waals surface area contributed by atoms with Crippen LogP contribution in [-0.2, 0) is 6.54 Å². The Bertz CT molecular complexity index is 981. The minimum Gasteiger partial charge on any atom is -0.352 e. The van der Waals surface area contributed by atoms with Crippen molar-refractivity contribution in [2.45, 2.75) is 56.8 Å². The van der Waals surface area contributed by atoms with E-state index in [1.54, 1.807) is 0 Å². The summed E-state index contributed by atoms with van der Waals surface area (Å²) < 4.78 is 2.51. The van der Waals surface area contributed by atoms with Gasteiger partial charge in [0.1, 0.15) is 0 Å². The normalized spacial score (nSPS) is 22.3. The van der Waals surface area contributed by atoms with Crippen molar-refractivity contribution in [3.8, 4) is 0 Å². The maximum absolute atomic E-state index is 5.83. The third-order valence-corrected chi connectivity index (χ3v) is 6.74. The van der Waals surface area contributed by atoms with E-state index in [1.807, 2.05) is 24.7 Å². The van der Waals surface area contributed by atoms with Crippen molar-refractivity contribution < 1.29 is 0 Å². The monoisotopic (exact) mass is 417 g/mol. The second-order valence-electron chi connectivity index (χ2n) is 8.24. The van der Waals surface area contributed by atoms with E-state index in [0.29, 0.717) is 6.04 Å². The number of thiocarbonyl (C=S) groups is 1. The molecule has 5 nitrogen and oxygen atoms in total.